The molecule has 1 aromatic heterocycles. The molecule has 0 spiro atoms. The van der Waals surface area contributed by atoms with E-state index in [1.165, 1.54) is 36.4 Å². The molecule has 2 N–H and O–H groups in total. The monoisotopic (exact) mass is 487 g/mol. The van der Waals surface area contributed by atoms with Crippen molar-refractivity contribution in [2.45, 2.75) is 17.7 Å². The number of hydrogen-bond acceptors (Lipinski definition) is 5. The third-order valence-corrected chi connectivity index (χ3v) is 8.11. The SMILES string of the molecule is O=C(NCC1CCN(c2ccc(F)cc2)C1)c1ccc(S(=O)(=O)NCCc2cccs2)cc1. The van der Waals surface area contributed by atoms with Crippen molar-refractivity contribution in [1.82, 2.24) is 10.0 Å². The quantitative estimate of drug-likeness (QED) is 0.483. The van der Waals surface area contributed by atoms with Gasteiger partial charge in [-0.15, -0.1) is 11.3 Å². The van der Waals surface area contributed by atoms with Crippen molar-refractivity contribution < 1.29 is 17.6 Å². The normalized spacial score (nSPS) is 16.2. The fraction of sp³-hybridized carbons (Fsp3) is 0.292. The Bertz CT molecular complexity index is 1160. The van der Waals surface area contributed by atoms with E-state index in [2.05, 4.69) is 14.9 Å². The highest BCUT2D eigenvalue weighted by atomic mass is 32.2. The molecule has 1 saturated heterocycles. The van der Waals surface area contributed by atoms with E-state index in [-0.39, 0.29) is 16.6 Å². The summed E-state index contributed by atoms with van der Waals surface area (Å²) in [6, 6.07) is 16.3. The molecule has 0 bridgehead atoms. The lowest BCUT2D eigenvalue weighted by Crippen LogP contribution is -2.31. The topological polar surface area (TPSA) is 78.5 Å². The van der Waals surface area contributed by atoms with Crippen LogP contribution in [-0.2, 0) is 16.4 Å². The van der Waals surface area contributed by atoms with E-state index >= 15 is 0 Å². The smallest absolute Gasteiger partial charge is 0.251 e. The first-order chi connectivity index (χ1) is 15.9. The van der Waals surface area contributed by atoms with Gasteiger partial charge in [-0.05, 0) is 78.7 Å². The van der Waals surface area contributed by atoms with Gasteiger partial charge in [0.1, 0.15) is 5.82 Å². The van der Waals surface area contributed by atoms with E-state index in [0.717, 1.165) is 30.1 Å². The second-order valence-corrected chi connectivity index (χ2v) is 10.8. The Morgan fingerprint density at radius 3 is 2.55 bits per heavy atom. The Balaban J connectivity index is 1.25. The first-order valence-electron chi connectivity index (χ1n) is 10.8. The van der Waals surface area contributed by atoms with Crippen LogP contribution in [0.15, 0.2) is 70.9 Å². The average Bonchev–Trinajstić information content (AvgIpc) is 3.50. The molecule has 174 valence electrons. The molecular weight excluding hydrogens is 461 g/mol. The van der Waals surface area contributed by atoms with Gasteiger partial charge in [-0.2, -0.15) is 0 Å². The first kappa shape index (κ1) is 23.4. The number of rotatable bonds is 9. The van der Waals surface area contributed by atoms with Gasteiger partial charge >= 0.3 is 0 Å². The summed E-state index contributed by atoms with van der Waals surface area (Å²) in [4.78, 5) is 16.0. The Morgan fingerprint density at radius 2 is 1.85 bits per heavy atom. The minimum atomic E-state index is -3.62. The predicted molar refractivity (Wildman–Crippen MR) is 129 cm³/mol. The molecule has 1 amide bonds. The fourth-order valence-corrected chi connectivity index (χ4v) is 5.60. The number of anilines is 1. The number of thiophene rings is 1. The predicted octanol–water partition coefficient (Wildman–Crippen LogP) is 3.66. The van der Waals surface area contributed by atoms with Gasteiger partial charge in [-0.25, -0.2) is 17.5 Å². The average molecular weight is 488 g/mol. The van der Waals surface area contributed by atoms with Gasteiger partial charge in [-0.1, -0.05) is 6.07 Å². The lowest BCUT2D eigenvalue weighted by Gasteiger charge is -2.18. The Hall–Kier alpha value is -2.75. The zero-order valence-corrected chi connectivity index (χ0v) is 19.7. The molecule has 1 aliphatic heterocycles. The molecule has 2 aromatic carbocycles. The molecule has 1 fully saturated rings. The molecule has 1 unspecified atom stereocenters. The molecule has 1 atom stereocenters. The zero-order valence-electron chi connectivity index (χ0n) is 18.0. The van der Waals surface area contributed by atoms with Crippen molar-refractivity contribution in [3.63, 3.8) is 0 Å². The number of carbonyl (C=O) groups excluding carboxylic acids is 1. The largest absolute Gasteiger partial charge is 0.371 e. The molecule has 3 aromatic rings. The molecule has 0 radical (unpaired) electrons. The number of sulfonamides is 1. The van der Waals surface area contributed by atoms with Crippen molar-refractivity contribution in [3.05, 3.63) is 82.3 Å². The summed E-state index contributed by atoms with van der Waals surface area (Å²) in [5, 5.41) is 4.90. The molecule has 2 heterocycles. The Morgan fingerprint density at radius 1 is 1.09 bits per heavy atom. The van der Waals surface area contributed by atoms with Crippen molar-refractivity contribution >= 4 is 33.0 Å². The van der Waals surface area contributed by atoms with Crippen LogP contribution < -0.4 is 14.9 Å². The number of nitrogens with one attached hydrogen (secondary N) is 2. The molecular formula is C24H26FN3O3S2. The van der Waals surface area contributed by atoms with Gasteiger partial charge < -0.3 is 10.2 Å². The molecule has 0 aliphatic carbocycles. The minimum Gasteiger partial charge on any atom is -0.371 e. The maximum Gasteiger partial charge on any atom is 0.251 e. The second-order valence-electron chi connectivity index (χ2n) is 8.04. The molecule has 0 saturated carbocycles. The number of nitrogens with zero attached hydrogens (tertiary/aromatic N) is 1. The maximum absolute atomic E-state index is 13.1. The molecule has 6 nitrogen and oxygen atoms in total. The van der Waals surface area contributed by atoms with E-state index < -0.39 is 10.0 Å². The van der Waals surface area contributed by atoms with E-state index in [1.54, 1.807) is 23.5 Å². The lowest BCUT2D eigenvalue weighted by atomic mass is 10.1. The van der Waals surface area contributed by atoms with Crippen molar-refractivity contribution in [3.8, 4) is 0 Å². The van der Waals surface area contributed by atoms with Gasteiger partial charge in [0.05, 0.1) is 4.90 Å². The van der Waals surface area contributed by atoms with Gasteiger partial charge in [0.25, 0.3) is 5.91 Å². The number of halogens is 1. The van der Waals surface area contributed by atoms with Crippen molar-refractivity contribution in [1.29, 1.82) is 0 Å². The van der Waals surface area contributed by atoms with Gasteiger partial charge in [-0.3, -0.25) is 4.79 Å². The standard InChI is InChI=1S/C24H26FN3O3S2/c25-20-5-7-21(8-6-20)28-14-12-18(17-28)16-26-24(29)19-3-9-23(10-4-19)33(30,31)27-13-11-22-2-1-15-32-22/h1-10,15,18,27H,11-14,16-17H2,(H,26,29). The highest BCUT2D eigenvalue weighted by Gasteiger charge is 2.23. The molecule has 9 heteroatoms. The van der Waals surface area contributed by atoms with Crippen molar-refractivity contribution in [2.75, 3.05) is 31.1 Å². The summed E-state index contributed by atoms with van der Waals surface area (Å²) in [5.74, 6) is -0.189. The van der Waals surface area contributed by atoms with Crippen LogP contribution in [0.25, 0.3) is 0 Å². The van der Waals surface area contributed by atoms with Crippen LogP contribution in [-0.4, -0.2) is 40.5 Å². The van der Waals surface area contributed by atoms with Crippen LogP contribution >= 0.6 is 11.3 Å². The van der Waals surface area contributed by atoms with Gasteiger partial charge in [0.2, 0.25) is 10.0 Å². The zero-order chi connectivity index (χ0) is 23.3. The Labute approximate surface area is 197 Å². The summed E-state index contributed by atoms with van der Waals surface area (Å²) in [6.45, 7) is 2.50. The third-order valence-electron chi connectivity index (χ3n) is 5.70. The molecule has 4 rings (SSSR count). The van der Waals surface area contributed by atoms with Crippen LogP contribution in [0.4, 0.5) is 10.1 Å². The van der Waals surface area contributed by atoms with Gasteiger partial charge in [0, 0.05) is 42.3 Å². The lowest BCUT2D eigenvalue weighted by molar-refractivity contribution is 0.0948. The highest BCUT2D eigenvalue weighted by molar-refractivity contribution is 7.89. The molecule has 1 aliphatic rings. The number of hydrogen-bond donors (Lipinski definition) is 2. The van der Waals surface area contributed by atoms with Crippen LogP contribution in [0, 0.1) is 11.7 Å². The van der Waals surface area contributed by atoms with Crippen molar-refractivity contribution in [2.24, 2.45) is 5.92 Å². The molecule has 33 heavy (non-hydrogen) atoms. The van der Waals surface area contributed by atoms with Crippen LogP contribution in [0.1, 0.15) is 21.7 Å². The second kappa shape index (κ2) is 10.5. The van der Waals surface area contributed by atoms with E-state index in [0.29, 0.717) is 31.0 Å². The summed E-state index contributed by atoms with van der Waals surface area (Å²) >= 11 is 1.59. The number of benzene rings is 2. The highest BCUT2D eigenvalue weighted by Crippen LogP contribution is 2.23. The minimum absolute atomic E-state index is 0.135. The van der Waals surface area contributed by atoms with Crippen LogP contribution in [0.3, 0.4) is 0 Å². The summed E-state index contributed by atoms with van der Waals surface area (Å²) < 4.78 is 40.7. The summed E-state index contributed by atoms with van der Waals surface area (Å²) in [7, 11) is -3.62. The van der Waals surface area contributed by atoms with Gasteiger partial charge in [0.15, 0.2) is 0 Å². The van der Waals surface area contributed by atoms with Crippen LogP contribution in [0.2, 0.25) is 0 Å². The van der Waals surface area contributed by atoms with E-state index in [4.69, 9.17) is 0 Å². The fourth-order valence-electron chi connectivity index (χ4n) is 3.86. The number of carbonyl (C=O) groups is 1. The van der Waals surface area contributed by atoms with E-state index in [1.807, 2.05) is 17.5 Å². The Kier molecular flexibility index (Phi) is 7.42. The number of amides is 1. The first-order valence-corrected chi connectivity index (χ1v) is 13.2. The van der Waals surface area contributed by atoms with Crippen LogP contribution in [0.5, 0.6) is 0 Å². The summed E-state index contributed by atoms with van der Waals surface area (Å²) in [5.41, 5.74) is 1.40. The maximum atomic E-state index is 13.1. The van der Waals surface area contributed by atoms with E-state index in [9.17, 15) is 17.6 Å². The summed E-state index contributed by atoms with van der Waals surface area (Å²) in [6.07, 6.45) is 1.57. The third kappa shape index (κ3) is 6.19.